The molecule has 1 aromatic carbocycles. The summed E-state index contributed by atoms with van der Waals surface area (Å²) in [7, 11) is 0. The first-order chi connectivity index (χ1) is 17.1. The summed E-state index contributed by atoms with van der Waals surface area (Å²) in [5.41, 5.74) is 2.84. The van der Waals surface area contributed by atoms with Gasteiger partial charge >= 0.3 is 18.2 Å². The first-order valence-corrected chi connectivity index (χ1v) is 10.7. The number of anilines is 1. The van der Waals surface area contributed by atoms with Crippen molar-refractivity contribution in [2.24, 2.45) is 0 Å². The van der Waals surface area contributed by atoms with Gasteiger partial charge in [0.15, 0.2) is 0 Å². The number of piperidine rings is 1. The molecule has 2 N–H and O–H groups in total. The average molecular weight is 502 g/mol. The van der Waals surface area contributed by atoms with Gasteiger partial charge in [-0.1, -0.05) is 17.3 Å². The largest absolute Gasteiger partial charge is 0.490 e. The predicted molar refractivity (Wildman–Crippen MR) is 120 cm³/mol. The summed E-state index contributed by atoms with van der Waals surface area (Å²) in [6.07, 6.45) is -1.88. The maximum Gasteiger partial charge on any atom is 0.490 e. The molecule has 0 saturated carbocycles. The number of carbonyl (C=O) groups excluding carboxylic acids is 1. The lowest BCUT2D eigenvalue weighted by molar-refractivity contribution is -0.192. The highest BCUT2D eigenvalue weighted by Crippen LogP contribution is 2.29. The molecule has 0 bridgehead atoms. The van der Waals surface area contributed by atoms with Gasteiger partial charge in [-0.3, -0.25) is 4.98 Å². The van der Waals surface area contributed by atoms with Crippen molar-refractivity contribution in [2.75, 3.05) is 18.4 Å². The highest BCUT2D eigenvalue weighted by molar-refractivity contribution is 5.89. The van der Waals surface area contributed by atoms with Crippen LogP contribution in [-0.2, 0) is 4.79 Å². The van der Waals surface area contributed by atoms with Crippen LogP contribution in [0.25, 0.3) is 11.5 Å². The number of hydrogen-bond donors (Lipinski definition) is 2. The van der Waals surface area contributed by atoms with Crippen LogP contribution in [0.15, 0.2) is 47.1 Å². The fourth-order valence-corrected chi connectivity index (χ4v) is 3.42. The van der Waals surface area contributed by atoms with E-state index in [1.807, 2.05) is 19.1 Å². The average Bonchev–Trinajstić information content (AvgIpc) is 3.34. The van der Waals surface area contributed by atoms with Crippen molar-refractivity contribution in [1.29, 1.82) is 5.26 Å². The van der Waals surface area contributed by atoms with Gasteiger partial charge in [0.25, 0.3) is 0 Å². The number of nitrogens with one attached hydrogen (secondary N) is 1. The zero-order chi connectivity index (χ0) is 26.3. The number of aryl methyl sites for hydroxylation is 1. The minimum Gasteiger partial charge on any atom is -0.475 e. The van der Waals surface area contributed by atoms with E-state index in [1.54, 1.807) is 35.4 Å². The molecule has 36 heavy (non-hydrogen) atoms. The Morgan fingerprint density at radius 2 is 1.92 bits per heavy atom. The standard InChI is InChI=1S/C21H20N6O2.C2HF3O2/c1-14-4-3-9-23-18(14)19-25-20(29-26-19)16-7-10-27(11-8-16)21(28)24-17-6-2-5-15(12-17)13-22;3-2(4,5)1(6)7/h2-6,9,12,16H,7-8,10-11H2,1H3,(H,24,28);(H,6,7). The number of nitriles is 1. The SMILES string of the molecule is Cc1cccnc1-c1noc(C2CCN(C(=O)Nc3cccc(C#N)c3)CC2)n1.O=C(O)C(F)(F)F. The van der Waals surface area contributed by atoms with Gasteiger partial charge in [-0.05, 0) is 49.6 Å². The van der Waals surface area contributed by atoms with Crippen LogP contribution >= 0.6 is 0 Å². The Kier molecular flexibility index (Phi) is 8.21. The van der Waals surface area contributed by atoms with Gasteiger partial charge in [0.2, 0.25) is 11.7 Å². The maximum atomic E-state index is 12.5. The molecule has 0 unspecified atom stereocenters. The first kappa shape index (κ1) is 26.1. The molecule has 0 atom stereocenters. The highest BCUT2D eigenvalue weighted by Gasteiger charge is 2.38. The van der Waals surface area contributed by atoms with E-state index in [2.05, 4.69) is 26.5 Å². The number of carboxylic acid groups (broad SMARTS) is 1. The summed E-state index contributed by atoms with van der Waals surface area (Å²) in [4.78, 5) is 32.0. The van der Waals surface area contributed by atoms with Crippen LogP contribution in [0.1, 0.15) is 35.8 Å². The van der Waals surface area contributed by atoms with Crippen molar-refractivity contribution in [3.05, 3.63) is 59.6 Å². The third-order valence-corrected chi connectivity index (χ3v) is 5.28. The summed E-state index contributed by atoms with van der Waals surface area (Å²) in [6, 6.07) is 12.6. The molecule has 1 fully saturated rings. The molecule has 3 heterocycles. The number of urea groups is 1. The van der Waals surface area contributed by atoms with Crippen LogP contribution in [0.2, 0.25) is 0 Å². The van der Waals surface area contributed by atoms with E-state index in [4.69, 9.17) is 19.7 Å². The molecule has 1 saturated heterocycles. The van der Waals surface area contributed by atoms with Crippen LogP contribution in [0.3, 0.4) is 0 Å². The third kappa shape index (κ3) is 6.78. The Hall–Kier alpha value is -4.47. The number of halogens is 3. The minimum atomic E-state index is -5.08. The van der Waals surface area contributed by atoms with Crippen molar-refractivity contribution in [2.45, 2.75) is 31.9 Å². The minimum absolute atomic E-state index is 0.117. The van der Waals surface area contributed by atoms with Crippen LogP contribution < -0.4 is 5.32 Å². The van der Waals surface area contributed by atoms with Crippen molar-refractivity contribution in [3.63, 3.8) is 0 Å². The topological polar surface area (TPSA) is 145 Å². The molecule has 0 aliphatic carbocycles. The van der Waals surface area contributed by atoms with E-state index >= 15 is 0 Å². The first-order valence-electron chi connectivity index (χ1n) is 10.7. The van der Waals surface area contributed by atoms with Gasteiger partial charge in [-0.25, -0.2) is 9.59 Å². The number of aliphatic carboxylic acids is 1. The third-order valence-electron chi connectivity index (χ3n) is 5.28. The Bertz CT molecular complexity index is 1260. The summed E-state index contributed by atoms with van der Waals surface area (Å²) in [6.45, 7) is 3.14. The molecule has 0 spiro atoms. The second-order valence-electron chi connectivity index (χ2n) is 7.81. The number of carbonyl (C=O) groups is 2. The summed E-state index contributed by atoms with van der Waals surface area (Å²) >= 11 is 0. The zero-order valence-electron chi connectivity index (χ0n) is 19.0. The van der Waals surface area contributed by atoms with Gasteiger partial charge < -0.3 is 19.8 Å². The van der Waals surface area contributed by atoms with Crippen molar-refractivity contribution in [1.82, 2.24) is 20.0 Å². The fourth-order valence-electron chi connectivity index (χ4n) is 3.42. The second-order valence-corrected chi connectivity index (χ2v) is 7.81. The number of amides is 2. The number of hydrogen-bond acceptors (Lipinski definition) is 7. The van der Waals surface area contributed by atoms with Crippen LogP contribution in [0.5, 0.6) is 0 Å². The molecule has 3 aromatic rings. The van der Waals surface area contributed by atoms with E-state index in [0.29, 0.717) is 36.1 Å². The molecule has 0 radical (unpaired) electrons. The molecule has 2 aromatic heterocycles. The summed E-state index contributed by atoms with van der Waals surface area (Å²) in [5, 5.41) is 23.0. The summed E-state index contributed by atoms with van der Waals surface area (Å²) < 4.78 is 37.2. The quantitative estimate of drug-likeness (QED) is 0.537. The lowest BCUT2D eigenvalue weighted by Crippen LogP contribution is -2.40. The Morgan fingerprint density at radius 3 is 2.53 bits per heavy atom. The molecule has 1 aliphatic heterocycles. The lowest BCUT2D eigenvalue weighted by atomic mass is 9.97. The van der Waals surface area contributed by atoms with Crippen LogP contribution in [0.4, 0.5) is 23.7 Å². The van der Waals surface area contributed by atoms with E-state index in [-0.39, 0.29) is 11.9 Å². The second kappa shape index (κ2) is 11.3. The molecular weight excluding hydrogens is 481 g/mol. The molecular formula is C23H21F3N6O4. The number of pyridine rings is 1. The molecule has 1 aliphatic rings. The number of aromatic nitrogens is 3. The summed E-state index contributed by atoms with van der Waals surface area (Å²) in [5.74, 6) is -1.55. The Labute approximate surface area is 203 Å². The lowest BCUT2D eigenvalue weighted by Gasteiger charge is -2.30. The van der Waals surface area contributed by atoms with Crippen molar-refractivity contribution in [3.8, 4) is 17.6 Å². The molecule has 188 valence electrons. The van der Waals surface area contributed by atoms with Gasteiger partial charge in [0.1, 0.15) is 5.69 Å². The number of nitrogens with zero attached hydrogens (tertiary/aromatic N) is 5. The smallest absolute Gasteiger partial charge is 0.475 e. The Morgan fingerprint density at radius 1 is 1.22 bits per heavy atom. The zero-order valence-corrected chi connectivity index (χ0v) is 19.0. The van der Waals surface area contributed by atoms with E-state index in [1.165, 1.54) is 0 Å². The van der Waals surface area contributed by atoms with Gasteiger partial charge in [-0.2, -0.15) is 23.4 Å². The van der Waals surface area contributed by atoms with Gasteiger partial charge in [0.05, 0.1) is 11.6 Å². The normalized spacial score (nSPS) is 13.8. The fraction of sp³-hybridized carbons (Fsp3) is 0.304. The highest BCUT2D eigenvalue weighted by atomic mass is 19.4. The monoisotopic (exact) mass is 502 g/mol. The molecule has 10 nitrogen and oxygen atoms in total. The molecule has 2 amide bonds. The van der Waals surface area contributed by atoms with Crippen molar-refractivity contribution >= 4 is 17.7 Å². The number of carboxylic acids is 1. The number of rotatable bonds is 3. The van der Waals surface area contributed by atoms with E-state index < -0.39 is 12.1 Å². The van der Waals surface area contributed by atoms with Crippen LogP contribution in [-0.4, -0.2) is 56.4 Å². The van der Waals surface area contributed by atoms with Crippen LogP contribution in [0, 0.1) is 18.3 Å². The maximum absolute atomic E-state index is 12.5. The van der Waals surface area contributed by atoms with E-state index in [0.717, 1.165) is 24.1 Å². The van der Waals surface area contributed by atoms with Gasteiger partial charge in [0, 0.05) is 30.9 Å². The number of benzene rings is 1. The molecule has 13 heteroatoms. The van der Waals surface area contributed by atoms with Gasteiger partial charge in [-0.15, -0.1) is 0 Å². The van der Waals surface area contributed by atoms with E-state index in [9.17, 15) is 18.0 Å². The number of alkyl halides is 3. The molecule has 4 rings (SSSR count). The Balaban J connectivity index is 0.000000454. The van der Waals surface area contributed by atoms with Crippen molar-refractivity contribution < 1.29 is 32.4 Å². The predicted octanol–water partition coefficient (Wildman–Crippen LogP) is 4.36. The number of likely N-dealkylation sites (tertiary alicyclic amines) is 1.